The zero-order valence-corrected chi connectivity index (χ0v) is 13.8. The van der Waals surface area contributed by atoms with Crippen LogP contribution in [-0.4, -0.2) is 34.1 Å². The van der Waals surface area contributed by atoms with Gasteiger partial charge in [-0.3, -0.25) is 29.4 Å². The molecule has 1 N–H and O–H groups in total. The number of nitrogens with zero attached hydrogens (tertiary/aromatic N) is 2. The lowest BCUT2D eigenvalue weighted by Crippen LogP contribution is -2.35. The molecule has 1 aliphatic heterocycles. The van der Waals surface area contributed by atoms with Gasteiger partial charge in [-0.2, -0.15) is 0 Å². The van der Waals surface area contributed by atoms with E-state index in [4.69, 9.17) is 0 Å². The van der Waals surface area contributed by atoms with Gasteiger partial charge >= 0.3 is 0 Å². The molecule has 3 aliphatic rings. The number of non-ortho nitro benzene ring substituents is 1. The molecule has 26 heavy (non-hydrogen) atoms. The summed E-state index contributed by atoms with van der Waals surface area (Å²) >= 11 is 0. The number of anilines is 1. The summed E-state index contributed by atoms with van der Waals surface area (Å²) in [7, 11) is 0. The van der Waals surface area contributed by atoms with E-state index in [0.29, 0.717) is 5.69 Å². The predicted octanol–water partition coefficient (Wildman–Crippen LogP) is 1.73. The van der Waals surface area contributed by atoms with Crippen LogP contribution in [0.1, 0.15) is 12.8 Å². The molecule has 0 radical (unpaired) electrons. The van der Waals surface area contributed by atoms with Crippen LogP contribution >= 0.6 is 0 Å². The molecule has 2 fully saturated rings. The third kappa shape index (κ3) is 2.58. The summed E-state index contributed by atoms with van der Waals surface area (Å²) in [6, 6.07) is 5.48. The Labute approximate surface area is 149 Å². The first-order valence-electron chi connectivity index (χ1n) is 8.53. The van der Waals surface area contributed by atoms with Gasteiger partial charge in [0.2, 0.25) is 17.7 Å². The molecule has 8 heteroatoms. The molecule has 134 valence electrons. The van der Waals surface area contributed by atoms with Crippen LogP contribution in [-0.2, 0) is 14.4 Å². The topological polar surface area (TPSA) is 110 Å². The third-order valence-corrected chi connectivity index (χ3v) is 5.49. The average Bonchev–Trinajstić information content (AvgIpc) is 3.28. The Morgan fingerprint density at radius 2 is 1.69 bits per heavy atom. The van der Waals surface area contributed by atoms with E-state index in [0.717, 1.165) is 6.42 Å². The number of fused-ring (bicyclic) bond motifs is 5. The third-order valence-electron chi connectivity index (χ3n) is 5.49. The highest BCUT2D eigenvalue weighted by molar-refractivity contribution is 6.06. The van der Waals surface area contributed by atoms with E-state index in [1.165, 1.54) is 29.2 Å². The molecule has 1 saturated heterocycles. The molecule has 4 unspecified atom stereocenters. The largest absolute Gasteiger partial charge is 0.326 e. The first-order chi connectivity index (χ1) is 12.5. The van der Waals surface area contributed by atoms with Gasteiger partial charge in [0.05, 0.1) is 16.8 Å². The quantitative estimate of drug-likeness (QED) is 0.374. The van der Waals surface area contributed by atoms with Gasteiger partial charge in [-0.05, 0) is 30.4 Å². The summed E-state index contributed by atoms with van der Waals surface area (Å²) in [5.41, 5.74) is 0.366. The van der Waals surface area contributed by atoms with Crippen molar-refractivity contribution < 1.29 is 19.3 Å². The number of nitro benzene ring substituents is 1. The number of likely N-dealkylation sites (tertiary alicyclic amines) is 1. The first-order valence-corrected chi connectivity index (χ1v) is 8.53. The van der Waals surface area contributed by atoms with E-state index in [2.05, 4.69) is 5.32 Å². The Kier molecular flexibility index (Phi) is 3.82. The Morgan fingerprint density at radius 3 is 2.23 bits per heavy atom. The van der Waals surface area contributed by atoms with Crippen LogP contribution in [0.2, 0.25) is 0 Å². The van der Waals surface area contributed by atoms with Crippen LogP contribution < -0.4 is 5.32 Å². The molecule has 0 aromatic heterocycles. The monoisotopic (exact) mass is 355 g/mol. The molecule has 2 aliphatic carbocycles. The number of nitrogens with one attached hydrogen (secondary N) is 1. The lowest BCUT2D eigenvalue weighted by Gasteiger charge is -2.16. The second-order valence-electron chi connectivity index (χ2n) is 6.93. The zero-order valence-electron chi connectivity index (χ0n) is 13.8. The lowest BCUT2D eigenvalue weighted by atomic mass is 9.85. The summed E-state index contributed by atoms with van der Waals surface area (Å²) in [5, 5.41) is 13.2. The summed E-state index contributed by atoms with van der Waals surface area (Å²) < 4.78 is 0. The molecular formula is C18H17N3O5. The Hall–Kier alpha value is -3.03. The molecule has 4 atom stereocenters. The fourth-order valence-corrected chi connectivity index (χ4v) is 4.29. The number of benzene rings is 1. The van der Waals surface area contributed by atoms with Crippen LogP contribution in [0.5, 0.6) is 0 Å². The molecule has 1 aromatic rings. The van der Waals surface area contributed by atoms with Gasteiger partial charge in [-0.1, -0.05) is 12.2 Å². The van der Waals surface area contributed by atoms with Gasteiger partial charge in [-0.15, -0.1) is 0 Å². The maximum absolute atomic E-state index is 12.5. The van der Waals surface area contributed by atoms with E-state index in [1.54, 1.807) is 0 Å². The molecule has 0 spiro atoms. The zero-order chi connectivity index (χ0) is 18.4. The van der Waals surface area contributed by atoms with Gasteiger partial charge in [0.15, 0.2) is 0 Å². The summed E-state index contributed by atoms with van der Waals surface area (Å²) in [6.07, 6.45) is 4.93. The maximum atomic E-state index is 12.5. The highest BCUT2D eigenvalue weighted by Gasteiger charge is 2.58. The molecule has 8 nitrogen and oxygen atoms in total. The molecule has 2 bridgehead atoms. The normalized spacial score (nSPS) is 28.5. The number of allylic oxidation sites excluding steroid dienone is 2. The van der Waals surface area contributed by atoms with E-state index >= 15 is 0 Å². The van der Waals surface area contributed by atoms with Gasteiger partial charge in [0, 0.05) is 30.8 Å². The van der Waals surface area contributed by atoms with Crippen molar-refractivity contribution in [3.63, 3.8) is 0 Å². The SMILES string of the molecule is O=C(CCN1C(=O)C2C3C=CC(C3)C2C1=O)Nc1ccc([N+](=O)[O-])cc1. The number of amides is 3. The highest BCUT2D eigenvalue weighted by Crippen LogP contribution is 2.52. The van der Waals surface area contributed by atoms with Gasteiger partial charge < -0.3 is 5.32 Å². The Morgan fingerprint density at radius 1 is 1.12 bits per heavy atom. The fraction of sp³-hybridized carbons (Fsp3) is 0.389. The van der Waals surface area contributed by atoms with Gasteiger partial charge in [0.1, 0.15) is 0 Å². The molecule has 1 saturated carbocycles. The van der Waals surface area contributed by atoms with Crippen molar-refractivity contribution in [2.24, 2.45) is 23.7 Å². The van der Waals surface area contributed by atoms with Gasteiger partial charge in [-0.25, -0.2) is 0 Å². The van der Waals surface area contributed by atoms with Crippen LogP contribution in [0.25, 0.3) is 0 Å². The fourth-order valence-electron chi connectivity index (χ4n) is 4.29. The molecule has 3 amide bonds. The Bertz CT molecular complexity index is 802. The summed E-state index contributed by atoms with van der Waals surface area (Å²) in [4.78, 5) is 48.5. The second-order valence-corrected chi connectivity index (χ2v) is 6.93. The lowest BCUT2D eigenvalue weighted by molar-refractivity contribution is -0.384. The second kappa shape index (κ2) is 6.05. The molecule has 1 heterocycles. The standard InChI is InChI=1S/C18H17N3O5/c22-14(19-12-3-5-13(6-4-12)21(25)26)7-8-20-17(23)15-10-1-2-11(9-10)16(15)18(20)24/h1-6,10-11,15-16H,7-9H2,(H,19,22). The van der Waals surface area contributed by atoms with Crippen molar-refractivity contribution in [2.45, 2.75) is 12.8 Å². The van der Waals surface area contributed by atoms with Crippen molar-refractivity contribution in [1.29, 1.82) is 0 Å². The van der Waals surface area contributed by atoms with Crippen molar-refractivity contribution >= 4 is 29.1 Å². The van der Waals surface area contributed by atoms with E-state index in [9.17, 15) is 24.5 Å². The van der Waals surface area contributed by atoms with Gasteiger partial charge in [0.25, 0.3) is 5.69 Å². The molecule has 1 aromatic carbocycles. The minimum absolute atomic E-state index is 0.00330. The number of rotatable bonds is 5. The minimum Gasteiger partial charge on any atom is -0.326 e. The number of carbonyl (C=O) groups excluding carboxylic acids is 3. The van der Waals surface area contributed by atoms with E-state index in [1.807, 2.05) is 12.2 Å². The van der Waals surface area contributed by atoms with Crippen LogP contribution in [0.4, 0.5) is 11.4 Å². The minimum atomic E-state index is -0.519. The average molecular weight is 355 g/mol. The summed E-state index contributed by atoms with van der Waals surface area (Å²) in [6.45, 7) is 0.0585. The van der Waals surface area contributed by atoms with Crippen molar-refractivity contribution in [3.05, 3.63) is 46.5 Å². The number of nitro groups is 1. The summed E-state index contributed by atoms with van der Waals surface area (Å²) in [5.74, 6) is -0.885. The number of carbonyl (C=O) groups is 3. The van der Waals surface area contributed by atoms with E-state index in [-0.39, 0.29) is 60.0 Å². The molecular weight excluding hydrogens is 338 g/mol. The Balaban J connectivity index is 1.34. The van der Waals surface area contributed by atoms with Crippen LogP contribution in [0.3, 0.4) is 0 Å². The number of hydrogen-bond donors (Lipinski definition) is 1. The van der Waals surface area contributed by atoms with Crippen LogP contribution in [0.15, 0.2) is 36.4 Å². The predicted molar refractivity (Wildman–Crippen MR) is 90.8 cm³/mol. The molecule has 4 rings (SSSR count). The van der Waals surface area contributed by atoms with Crippen molar-refractivity contribution in [1.82, 2.24) is 4.90 Å². The highest BCUT2D eigenvalue weighted by atomic mass is 16.6. The first kappa shape index (κ1) is 16.4. The van der Waals surface area contributed by atoms with Crippen molar-refractivity contribution in [3.8, 4) is 0 Å². The number of hydrogen-bond acceptors (Lipinski definition) is 5. The maximum Gasteiger partial charge on any atom is 0.269 e. The van der Waals surface area contributed by atoms with Crippen molar-refractivity contribution in [2.75, 3.05) is 11.9 Å². The van der Waals surface area contributed by atoms with E-state index < -0.39 is 4.92 Å². The van der Waals surface area contributed by atoms with Crippen LogP contribution in [0, 0.1) is 33.8 Å². The smallest absolute Gasteiger partial charge is 0.269 e. The number of imide groups is 1.